The number of rotatable bonds is 6. The van der Waals surface area contributed by atoms with Crippen molar-refractivity contribution in [3.05, 3.63) is 58.4 Å². The number of hydrogen-bond acceptors (Lipinski definition) is 4. The quantitative estimate of drug-likeness (QED) is 0.632. The Morgan fingerprint density at radius 1 is 1.16 bits per heavy atom. The minimum atomic E-state index is -0.582. The molecule has 1 aliphatic heterocycles. The Kier molecular flexibility index (Phi) is 7.41. The van der Waals surface area contributed by atoms with Gasteiger partial charge in [-0.25, -0.2) is 9.18 Å². The zero-order valence-electron chi connectivity index (χ0n) is 18.3. The largest absolute Gasteiger partial charge is 0.489 e. The molecule has 3 rings (SSSR count). The maximum absolute atomic E-state index is 14.3. The third-order valence-electron chi connectivity index (χ3n) is 5.58. The number of carbonyl (C=O) groups is 1. The van der Waals surface area contributed by atoms with Crippen LogP contribution in [-0.2, 0) is 21.7 Å². The zero-order valence-corrected chi connectivity index (χ0v) is 19.0. The molecule has 0 bridgehead atoms. The number of halogens is 2. The Morgan fingerprint density at radius 3 is 2.48 bits per heavy atom. The van der Waals surface area contributed by atoms with E-state index in [0.717, 1.165) is 11.1 Å². The third kappa shape index (κ3) is 5.29. The van der Waals surface area contributed by atoms with E-state index in [4.69, 9.17) is 25.8 Å². The Bertz CT molecular complexity index is 932. The molecule has 6 nitrogen and oxygen atoms in total. The van der Waals surface area contributed by atoms with Crippen LogP contribution < -0.4 is 9.64 Å². The molecule has 0 atom stereocenters. The second kappa shape index (κ2) is 9.85. The average molecular weight is 451 g/mol. The number of anilines is 1. The monoisotopic (exact) mass is 450 g/mol. The van der Waals surface area contributed by atoms with Gasteiger partial charge in [-0.3, -0.25) is 4.90 Å². The van der Waals surface area contributed by atoms with E-state index in [1.165, 1.54) is 21.9 Å². The van der Waals surface area contributed by atoms with Crippen LogP contribution in [0.2, 0.25) is 5.02 Å². The molecule has 8 heteroatoms. The summed E-state index contributed by atoms with van der Waals surface area (Å²) in [5.74, 6) is 0.0126. The number of hydrogen-bond donors (Lipinski definition) is 0. The summed E-state index contributed by atoms with van der Waals surface area (Å²) in [6.45, 7) is 1.29. The molecular weight excluding hydrogens is 423 g/mol. The van der Waals surface area contributed by atoms with Crippen LogP contribution in [0.4, 0.5) is 14.9 Å². The van der Waals surface area contributed by atoms with Gasteiger partial charge in [-0.05, 0) is 29.8 Å². The van der Waals surface area contributed by atoms with Crippen molar-refractivity contribution in [2.75, 3.05) is 46.4 Å². The summed E-state index contributed by atoms with van der Waals surface area (Å²) in [4.78, 5) is 15.1. The molecule has 0 aromatic heterocycles. The highest BCUT2D eigenvalue weighted by Gasteiger charge is 2.35. The SMILES string of the molecule is COC1(c2cc(F)cc(OCc3ccc(N(C)C(=O)N(C)C)cc3Cl)c2)CCOCC1. The summed E-state index contributed by atoms with van der Waals surface area (Å²) in [6, 6.07) is 9.79. The fourth-order valence-electron chi connectivity index (χ4n) is 3.65. The number of carbonyl (C=O) groups excluding carboxylic acids is 1. The van der Waals surface area contributed by atoms with Gasteiger partial charge < -0.3 is 19.1 Å². The van der Waals surface area contributed by atoms with Crippen molar-refractivity contribution in [1.29, 1.82) is 0 Å². The highest BCUT2D eigenvalue weighted by molar-refractivity contribution is 6.31. The summed E-state index contributed by atoms with van der Waals surface area (Å²) < 4.78 is 31.4. The topological polar surface area (TPSA) is 51.2 Å². The lowest BCUT2D eigenvalue weighted by Crippen LogP contribution is -2.36. The minimum Gasteiger partial charge on any atom is -0.489 e. The molecule has 2 aromatic rings. The summed E-state index contributed by atoms with van der Waals surface area (Å²) in [7, 11) is 6.68. The number of methoxy groups -OCH3 is 1. The molecule has 0 saturated carbocycles. The van der Waals surface area contributed by atoms with Crippen molar-refractivity contribution >= 4 is 23.3 Å². The molecule has 0 aliphatic carbocycles. The van der Waals surface area contributed by atoms with Crippen LogP contribution in [0, 0.1) is 5.82 Å². The van der Waals surface area contributed by atoms with Gasteiger partial charge in [0.15, 0.2) is 0 Å². The average Bonchev–Trinajstić information content (AvgIpc) is 2.77. The van der Waals surface area contributed by atoms with Crippen molar-refractivity contribution < 1.29 is 23.4 Å². The molecule has 0 radical (unpaired) electrons. The molecule has 1 saturated heterocycles. The third-order valence-corrected chi connectivity index (χ3v) is 5.93. The second-order valence-corrected chi connectivity index (χ2v) is 8.19. The molecule has 0 unspecified atom stereocenters. The number of nitrogens with zero attached hydrogens (tertiary/aromatic N) is 2. The van der Waals surface area contributed by atoms with Gasteiger partial charge >= 0.3 is 6.03 Å². The maximum Gasteiger partial charge on any atom is 0.323 e. The molecular formula is C23H28ClFN2O4. The lowest BCUT2D eigenvalue weighted by atomic mass is 9.86. The summed E-state index contributed by atoms with van der Waals surface area (Å²) >= 11 is 6.41. The van der Waals surface area contributed by atoms with Crippen molar-refractivity contribution in [2.24, 2.45) is 0 Å². The highest BCUT2D eigenvalue weighted by Crippen LogP contribution is 2.37. The summed E-state index contributed by atoms with van der Waals surface area (Å²) in [6.07, 6.45) is 1.30. The first-order valence-corrected chi connectivity index (χ1v) is 10.4. The maximum atomic E-state index is 14.3. The standard InChI is InChI=1S/C23H28ClFN2O4/c1-26(2)22(28)27(3)19-6-5-16(21(24)14-19)15-31-20-12-17(11-18(25)13-20)23(29-4)7-9-30-10-8-23/h5-6,11-14H,7-10,15H2,1-4H3. The highest BCUT2D eigenvalue weighted by atomic mass is 35.5. The molecule has 31 heavy (non-hydrogen) atoms. The van der Waals surface area contributed by atoms with Crippen LogP contribution in [0.5, 0.6) is 5.75 Å². The first kappa shape index (κ1) is 23.3. The van der Waals surface area contributed by atoms with E-state index < -0.39 is 5.60 Å². The lowest BCUT2D eigenvalue weighted by Gasteiger charge is -2.36. The zero-order chi connectivity index (χ0) is 22.6. The lowest BCUT2D eigenvalue weighted by molar-refractivity contribution is -0.0950. The molecule has 1 fully saturated rings. The van der Waals surface area contributed by atoms with Gasteiger partial charge in [0.1, 0.15) is 18.2 Å². The smallest absolute Gasteiger partial charge is 0.323 e. The first-order chi connectivity index (χ1) is 14.8. The minimum absolute atomic E-state index is 0.160. The van der Waals surface area contributed by atoms with Gasteiger partial charge in [-0.2, -0.15) is 0 Å². The molecule has 0 N–H and O–H groups in total. The van der Waals surface area contributed by atoms with E-state index in [9.17, 15) is 9.18 Å². The second-order valence-electron chi connectivity index (χ2n) is 7.79. The number of benzene rings is 2. The molecule has 0 spiro atoms. The number of urea groups is 1. The van der Waals surface area contributed by atoms with Gasteiger partial charge in [-0.15, -0.1) is 0 Å². The Balaban J connectivity index is 1.75. The molecule has 2 amide bonds. The van der Waals surface area contributed by atoms with Crippen molar-refractivity contribution in [3.63, 3.8) is 0 Å². The van der Waals surface area contributed by atoms with Crippen molar-refractivity contribution in [2.45, 2.75) is 25.0 Å². The van der Waals surface area contributed by atoms with E-state index in [-0.39, 0.29) is 18.5 Å². The van der Waals surface area contributed by atoms with E-state index in [0.29, 0.717) is 42.5 Å². The van der Waals surface area contributed by atoms with E-state index >= 15 is 0 Å². The van der Waals surface area contributed by atoms with Crippen LogP contribution in [0.3, 0.4) is 0 Å². The summed E-state index contributed by atoms with van der Waals surface area (Å²) in [5, 5.41) is 0.463. The molecule has 2 aromatic carbocycles. The van der Waals surface area contributed by atoms with Gasteiger partial charge in [0, 0.05) is 76.6 Å². The van der Waals surface area contributed by atoms with Crippen LogP contribution >= 0.6 is 11.6 Å². The van der Waals surface area contributed by atoms with Gasteiger partial charge in [0.2, 0.25) is 0 Å². The molecule has 1 heterocycles. The normalized spacial score (nSPS) is 15.4. The van der Waals surface area contributed by atoms with E-state index in [1.807, 2.05) is 6.07 Å². The molecule has 1 aliphatic rings. The van der Waals surface area contributed by atoms with Crippen LogP contribution in [0.1, 0.15) is 24.0 Å². The van der Waals surface area contributed by atoms with Crippen LogP contribution in [-0.4, -0.2) is 52.4 Å². The summed E-state index contributed by atoms with van der Waals surface area (Å²) in [5.41, 5.74) is 1.55. The van der Waals surface area contributed by atoms with E-state index in [1.54, 1.807) is 46.5 Å². The van der Waals surface area contributed by atoms with Gasteiger partial charge in [0.05, 0.1) is 5.60 Å². The van der Waals surface area contributed by atoms with Crippen molar-refractivity contribution in [1.82, 2.24) is 4.90 Å². The fourth-order valence-corrected chi connectivity index (χ4v) is 3.88. The van der Waals surface area contributed by atoms with Gasteiger partial charge in [0.25, 0.3) is 0 Å². The fraction of sp³-hybridized carbons (Fsp3) is 0.435. The molecule has 168 valence electrons. The van der Waals surface area contributed by atoms with Crippen LogP contribution in [0.15, 0.2) is 36.4 Å². The van der Waals surface area contributed by atoms with E-state index in [2.05, 4.69) is 0 Å². The number of ether oxygens (including phenoxy) is 3. The predicted octanol–water partition coefficient (Wildman–Crippen LogP) is 4.83. The van der Waals surface area contributed by atoms with Crippen LogP contribution in [0.25, 0.3) is 0 Å². The Hall–Kier alpha value is -2.35. The predicted molar refractivity (Wildman–Crippen MR) is 118 cm³/mol. The Labute approximate surface area is 187 Å². The number of amides is 2. The van der Waals surface area contributed by atoms with Gasteiger partial charge in [-0.1, -0.05) is 17.7 Å². The van der Waals surface area contributed by atoms with Crippen molar-refractivity contribution in [3.8, 4) is 5.75 Å². The Morgan fingerprint density at radius 2 is 1.87 bits per heavy atom. The first-order valence-electron chi connectivity index (χ1n) is 10.1.